The van der Waals surface area contributed by atoms with Crippen LogP contribution in [0.1, 0.15) is 0 Å². The molecule has 0 bridgehead atoms. The Kier molecular flexibility index (Phi) is 17.4. The van der Waals surface area contributed by atoms with Crippen LogP contribution in [0.15, 0.2) is 0 Å². The van der Waals surface area contributed by atoms with E-state index in [1.54, 1.807) is 0 Å². The first-order valence-electron chi connectivity index (χ1n) is 3.97. The Morgan fingerprint density at radius 1 is 0.765 bits per heavy atom. The van der Waals surface area contributed by atoms with Crippen molar-refractivity contribution in [3.8, 4) is 0 Å². The van der Waals surface area contributed by atoms with Crippen molar-refractivity contribution in [2.75, 3.05) is 40.4 Å². The van der Waals surface area contributed by atoms with Gasteiger partial charge in [-0.05, 0) is 0 Å². The molecule has 7 nitrogen and oxygen atoms in total. The molecule has 11 heteroatoms. The van der Waals surface area contributed by atoms with Crippen LogP contribution >= 0.6 is 22.3 Å². The van der Waals surface area contributed by atoms with Gasteiger partial charge >= 0.3 is 7.60 Å². The Balaban J connectivity index is -0.0000000729. The van der Waals surface area contributed by atoms with Gasteiger partial charge in [0, 0.05) is 61.5 Å². The van der Waals surface area contributed by atoms with Crippen molar-refractivity contribution < 1.29 is 54.0 Å². The summed E-state index contributed by atoms with van der Waals surface area (Å²) in [6.07, 6.45) is 0. The number of hydrogen-bond acceptors (Lipinski definition) is 4. The molecule has 0 aliphatic carbocycles. The van der Waals surface area contributed by atoms with Gasteiger partial charge in [-0.25, -0.2) is 0 Å². The zero-order valence-electron chi connectivity index (χ0n) is 10.6. The first-order chi connectivity index (χ1) is 6.56. The van der Waals surface area contributed by atoms with Crippen molar-refractivity contribution in [2.24, 2.45) is 0 Å². The molecule has 3 N–H and O–H groups in total. The van der Waals surface area contributed by atoms with E-state index in [0.717, 1.165) is 6.66 Å². The summed E-state index contributed by atoms with van der Waals surface area (Å²) >= 11 is 0. The topological polar surface area (TPSA) is 121 Å². The molecule has 0 heterocycles. The Labute approximate surface area is 117 Å². The molecule has 0 aliphatic rings. The van der Waals surface area contributed by atoms with Crippen LogP contribution in [0.25, 0.3) is 0 Å². The van der Waals surface area contributed by atoms with E-state index < -0.39 is 22.3 Å². The Morgan fingerprint density at radius 3 is 0.824 bits per heavy atom. The molecule has 0 aromatic rings. The van der Waals surface area contributed by atoms with Crippen LogP contribution < -0.4 is 0 Å². The largest absolute Gasteiger partial charge is 0.345 e. The second kappa shape index (κ2) is 11.1. The second-order valence-corrected chi connectivity index (χ2v) is 10.7. The maximum absolute atomic E-state index is 9.92. The van der Waals surface area contributed by atoms with Crippen LogP contribution in [-0.2, 0) is 39.3 Å². The number of hydrogen-bond donors (Lipinski definition) is 3. The zero-order chi connectivity index (χ0) is 14.2. The van der Waals surface area contributed by atoms with Gasteiger partial charge in [0.05, 0.1) is 0 Å². The molecule has 0 amide bonds. The normalized spacial score (nSPS) is 13.9. The van der Waals surface area contributed by atoms with Crippen molar-refractivity contribution in [2.45, 2.75) is 0 Å². The molecule has 0 radical (unpaired) electrons. The fraction of sp³-hybridized carbons (Fsp3) is 1.00. The van der Waals surface area contributed by atoms with E-state index in [0.29, 0.717) is 0 Å². The summed E-state index contributed by atoms with van der Waals surface area (Å²) in [6.45, 7) is 6.33. The molecule has 1 atom stereocenters. The second-order valence-electron chi connectivity index (χ2n) is 3.57. The molecule has 0 aromatic heterocycles. The summed E-state index contributed by atoms with van der Waals surface area (Å²) in [7, 11) is -7.23. The minimum Gasteiger partial charge on any atom is -0.345 e. The molecule has 0 saturated heterocycles. The van der Waals surface area contributed by atoms with Crippen molar-refractivity contribution in [1.82, 2.24) is 0 Å². The summed E-state index contributed by atoms with van der Waals surface area (Å²) in [6, 6.07) is 0. The SMILES string of the molecule is COP(C)(=O)O.CP(C)(=O)O.CP(C)(=O)O.[Pt]. The van der Waals surface area contributed by atoms with Crippen molar-refractivity contribution in [1.29, 1.82) is 0 Å². The van der Waals surface area contributed by atoms with Gasteiger partial charge < -0.3 is 19.2 Å². The summed E-state index contributed by atoms with van der Waals surface area (Å²) < 4.78 is 33.5. The van der Waals surface area contributed by atoms with E-state index in [4.69, 9.17) is 14.7 Å². The molecular weight excluding hydrogens is 472 g/mol. The van der Waals surface area contributed by atoms with Gasteiger partial charge in [-0.1, -0.05) is 0 Å². The molecule has 1 unspecified atom stereocenters. The smallest absolute Gasteiger partial charge is 0.324 e. The Bertz CT molecular complexity index is 264. The summed E-state index contributed by atoms with van der Waals surface area (Å²) in [5, 5.41) is 0. The van der Waals surface area contributed by atoms with Crippen LogP contribution in [0.4, 0.5) is 0 Å². The average Bonchev–Trinajstić information content (AvgIpc) is 1.77. The summed E-state index contributed by atoms with van der Waals surface area (Å²) in [5.74, 6) is 0. The van der Waals surface area contributed by atoms with E-state index in [1.807, 2.05) is 0 Å². The van der Waals surface area contributed by atoms with Crippen LogP contribution in [0, 0.1) is 0 Å². The van der Waals surface area contributed by atoms with Crippen molar-refractivity contribution in [3.05, 3.63) is 0 Å². The van der Waals surface area contributed by atoms with Crippen LogP contribution in [0.2, 0.25) is 0 Å². The summed E-state index contributed by atoms with van der Waals surface area (Å²) in [4.78, 5) is 24.3. The van der Waals surface area contributed by atoms with E-state index in [2.05, 4.69) is 4.52 Å². The minimum atomic E-state index is -3.15. The zero-order valence-corrected chi connectivity index (χ0v) is 15.6. The Morgan fingerprint density at radius 2 is 0.824 bits per heavy atom. The third-order valence-electron chi connectivity index (χ3n) is 0.339. The molecule has 112 valence electrons. The monoisotopic (exact) mass is 493 g/mol. The summed E-state index contributed by atoms with van der Waals surface area (Å²) in [5.41, 5.74) is 0. The predicted octanol–water partition coefficient (Wildman–Crippen LogP) is 1.48. The van der Waals surface area contributed by atoms with Crippen molar-refractivity contribution in [3.63, 3.8) is 0 Å². The molecule has 0 aromatic carbocycles. The molecule has 0 aliphatic heterocycles. The van der Waals surface area contributed by atoms with Gasteiger partial charge in [-0.2, -0.15) is 0 Å². The fourth-order valence-corrected chi connectivity index (χ4v) is 0. The van der Waals surface area contributed by atoms with Gasteiger partial charge in [-0.3, -0.25) is 13.7 Å². The van der Waals surface area contributed by atoms with E-state index in [9.17, 15) is 13.7 Å². The van der Waals surface area contributed by atoms with Crippen LogP contribution in [0.3, 0.4) is 0 Å². The molecule has 0 fully saturated rings. The molecule has 0 spiro atoms. The quantitative estimate of drug-likeness (QED) is 0.474. The fourth-order valence-electron chi connectivity index (χ4n) is 0. The van der Waals surface area contributed by atoms with Gasteiger partial charge in [0.1, 0.15) is 0 Å². The van der Waals surface area contributed by atoms with Gasteiger partial charge in [0.15, 0.2) is 14.7 Å². The molecule has 17 heavy (non-hydrogen) atoms. The first kappa shape index (κ1) is 26.7. The van der Waals surface area contributed by atoms with Gasteiger partial charge in [0.2, 0.25) is 0 Å². The minimum absolute atomic E-state index is 0. The van der Waals surface area contributed by atoms with Gasteiger partial charge in [-0.15, -0.1) is 0 Å². The average molecular weight is 493 g/mol. The molecular formula is C6H21O7P3Pt. The van der Waals surface area contributed by atoms with Crippen molar-refractivity contribution >= 4 is 22.3 Å². The molecule has 0 rings (SSSR count). The van der Waals surface area contributed by atoms with E-state index in [-0.39, 0.29) is 21.1 Å². The maximum atomic E-state index is 9.92. The third-order valence-corrected chi connectivity index (χ3v) is 1.02. The third kappa shape index (κ3) is 224. The van der Waals surface area contributed by atoms with E-state index >= 15 is 0 Å². The van der Waals surface area contributed by atoms with Crippen LogP contribution in [0.5, 0.6) is 0 Å². The number of rotatable bonds is 1. The Hall–Kier alpha value is 1.22. The van der Waals surface area contributed by atoms with Gasteiger partial charge in [0.25, 0.3) is 0 Å². The molecule has 0 saturated carbocycles. The maximum Gasteiger partial charge on any atom is 0.324 e. The predicted molar refractivity (Wildman–Crippen MR) is 66.1 cm³/mol. The van der Waals surface area contributed by atoms with E-state index in [1.165, 1.54) is 33.8 Å². The van der Waals surface area contributed by atoms with Crippen LogP contribution in [-0.4, -0.2) is 55.1 Å². The first-order valence-corrected chi connectivity index (χ1v) is 11.1. The standard InChI is InChI=1S/C2H7O3P.2C2H7O2P.Pt/c1-5-6(2,3)4;2*1-5(2,3)4;/h1-2H3,(H,3,4);2*1-2H3,(H,3,4);.